The normalized spacial score (nSPS) is 12.6. The van der Waals surface area contributed by atoms with Crippen molar-refractivity contribution in [2.24, 2.45) is 0 Å². The zero-order chi connectivity index (χ0) is 21.8. The Labute approximate surface area is 187 Å². The average molecular weight is 411 g/mol. The summed E-state index contributed by atoms with van der Waals surface area (Å²) in [5.41, 5.74) is 0.385. The third-order valence-corrected chi connectivity index (χ3v) is 7.24. The quantitative estimate of drug-likeness (QED) is 0.130. The first-order chi connectivity index (χ1) is 13.9. The summed E-state index contributed by atoms with van der Waals surface area (Å²) in [7, 11) is 0. The molecule has 0 aromatic heterocycles. The second-order valence-corrected chi connectivity index (χ2v) is 10.8. The first kappa shape index (κ1) is 29.0. The highest BCUT2D eigenvalue weighted by Gasteiger charge is 2.38. The summed E-state index contributed by atoms with van der Waals surface area (Å²) in [4.78, 5) is 0. The van der Waals surface area contributed by atoms with Crippen LogP contribution >= 0.6 is 0 Å². The second-order valence-electron chi connectivity index (χ2n) is 10.8. The molecule has 1 nitrogen and oxygen atoms in total. The molecular weight excluding hydrogens is 350 g/mol. The zero-order valence-electron chi connectivity index (χ0n) is 21.8. The van der Waals surface area contributed by atoms with Crippen LogP contribution in [-0.4, -0.2) is 29.7 Å². The van der Waals surface area contributed by atoms with E-state index in [2.05, 4.69) is 41.5 Å². The minimum Gasteiger partial charge on any atom is -0.319 e. The maximum atomic E-state index is 2.53. The molecule has 0 saturated heterocycles. The van der Waals surface area contributed by atoms with Crippen LogP contribution in [0.4, 0.5) is 0 Å². The van der Waals surface area contributed by atoms with E-state index in [4.69, 9.17) is 0 Å². The summed E-state index contributed by atoms with van der Waals surface area (Å²) >= 11 is 0. The molecule has 0 radical (unpaired) electrons. The van der Waals surface area contributed by atoms with Crippen LogP contribution in [0, 0.1) is 0 Å². The molecule has 0 saturated carbocycles. The number of rotatable bonds is 21. The van der Waals surface area contributed by atoms with E-state index in [1.54, 1.807) is 0 Å². The first-order valence-corrected chi connectivity index (χ1v) is 13.8. The van der Waals surface area contributed by atoms with Gasteiger partial charge in [0.05, 0.1) is 25.2 Å². The predicted octanol–water partition coefficient (Wildman–Crippen LogP) is 9.68. The molecule has 0 heterocycles. The van der Waals surface area contributed by atoms with Gasteiger partial charge in [-0.25, -0.2) is 0 Å². The number of hydrogen-bond donors (Lipinski definition) is 0. The third kappa shape index (κ3) is 14.6. The Morgan fingerprint density at radius 3 is 0.862 bits per heavy atom. The largest absolute Gasteiger partial charge is 0.319 e. The van der Waals surface area contributed by atoms with Crippen LogP contribution in [0.25, 0.3) is 0 Å². The average Bonchev–Trinajstić information content (AvgIpc) is 2.68. The fraction of sp³-hybridized carbons (Fsp3) is 1.00. The predicted molar refractivity (Wildman–Crippen MR) is 135 cm³/mol. The van der Waals surface area contributed by atoms with Crippen molar-refractivity contribution in [2.45, 2.75) is 163 Å². The van der Waals surface area contributed by atoms with Crippen LogP contribution in [0.5, 0.6) is 0 Å². The van der Waals surface area contributed by atoms with Gasteiger partial charge in [0.15, 0.2) is 0 Å². The minimum atomic E-state index is 0.385. The van der Waals surface area contributed by atoms with Gasteiger partial charge in [-0.05, 0) is 59.3 Å². The Bertz CT molecular complexity index is 287. The number of unbranched alkanes of at least 4 members (excludes halogenated alkanes) is 15. The van der Waals surface area contributed by atoms with Gasteiger partial charge in [-0.3, -0.25) is 0 Å². The lowest BCUT2D eigenvalue weighted by atomic mass is 9.96. The van der Waals surface area contributed by atoms with Crippen molar-refractivity contribution in [3.05, 3.63) is 0 Å². The van der Waals surface area contributed by atoms with Gasteiger partial charge in [-0.1, -0.05) is 97.8 Å². The van der Waals surface area contributed by atoms with Crippen LogP contribution < -0.4 is 0 Å². The smallest absolute Gasteiger partial charge is 0.0907 e. The molecule has 29 heavy (non-hydrogen) atoms. The Morgan fingerprint density at radius 1 is 0.379 bits per heavy atom. The first-order valence-electron chi connectivity index (χ1n) is 13.8. The van der Waals surface area contributed by atoms with Gasteiger partial charge in [0, 0.05) is 0 Å². The second kappa shape index (κ2) is 18.7. The highest BCUT2D eigenvalue weighted by atomic mass is 15.4. The molecule has 0 aliphatic rings. The molecule has 0 N–H and O–H groups in total. The Morgan fingerprint density at radius 2 is 0.621 bits per heavy atom. The van der Waals surface area contributed by atoms with Gasteiger partial charge in [-0.2, -0.15) is 0 Å². The van der Waals surface area contributed by atoms with E-state index in [0.717, 1.165) is 0 Å². The van der Waals surface area contributed by atoms with Crippen LogP contribution in [-0.2, 0) is 0 Å². The molecule has 0 amide bonds. The van der Waals surface area contributed by atoms with Crippen molar-refractivity contribution in [3.63, 3.8) is 0 Å². The lowest BCUT2D eigenvalue weighted by Gasteiger charge is -2.49. The number of hydrogen-bond acceptors (Lipinski definition) is 0. The Kier molecular flexibility index (Phi) is 18.7. The van der Waals surface area contributed by atoms with Crippen molar-refractivity contribution in [1.29, 1.82) is 0 Å². The summed E-state index contributed by atoms with van der Waals surface area (Å²) in [6.45, 7) is 18.8. The number of quaternary nitrogens is 1. The zero-order valence-corrected chi connectivity index (χ0v) is 21.8. The molecule has 0 unspecified atom stereocenters. The summed E-state index contributed by atoms with van der Waals surface area (Å²) < 4.78 is 1.38. The Hall–Kier alpha value is -0.0400. The lowest BCUT2D eigenvalue weighted by Crippen LogP contribution is -2.61. The van der Waals surface area contributed by atoms with Gasteiger partial charge >= 0.3 is 0 Å². The molecule has 176 valence electrons. The van der Waals surface area contributed by atoms with Crippen LogP contribution in [0.3, 0.4) is 0 Å². The number of nitrogens with zero attached hydrogens (tertiary/aromatic N) is 1. The van der Waals surface area contributed by atoms with E-state index in [1.165, 1.54) is 140 Å². The van der Waals surface area contributed by atoms with Crippen LogP contribution in [0.15, 0.2) is 0 Å². The molecular formula is C28H60N+. The molecule has 1 heteroatoms. The van der Waals surface area contributed by atoms with Gasteiger partial charge in [0.25, 0.3) is 0 Å². The molecule has 0 aliphatic carbocycles. The van der Waals surface area contributed by atoms with Crippen LogP contribution in [0.2, 0.25) is 0 Å². The van der Waals surface area contributed by atoms with Crippen molar-refractivity contribution < 1.29 is 4.48 Å². The van der Waals surface area contributed by atoms with Crippen molar-refractivity contribution in [3.8, 4) is 0 Å². The SMILES string of the molecule is CCCCCCCC[N+](CCCCCCCC)(CCCCCCCC)C(C)(C)C. The Balaban J connectivity index is 4.67. The monoisotopic (exact) mass is 410 g/mol. The summed E-state index contributed by atoms with van der Waals surface area (Å²) in [5.74, 6) is 0. The van der Waals surface area contributed by atoms with E-state index < -0.39 is 0 Å². The van der Waals surface area contributed by atoms with E-state index in [-0.39, 0.29) is 0 Å². The van der Waals surface area contributed by atoms with Crippen LogP contribution in [0.1, 0.15) is 157 Å². The van der Waals surface area contributed by atoms with E-state index in [1.807, 2.05) is 0 Å². The molecule has 0 fully saturated rings. The minimum absolute atomic E-state index is 0.385. The summed E-state index contributed by atoms with van der Waals surface area (Å²) in [6, 6.07) is 0. The van der Waals surface area contributed by atoms with Crippen molar-refractivity contribution in [2.75, 3.05) is 19.6 Å². The molecule has 0 spiro atoms. The highest BCUT2D eigenvalue weighted by Crippen LogP contribution is 2.29. The van der Waals surface area contributed by atoms with Gasteiger partial charge in [0.2, 0.25) is 0 Å². The van der Waals surface area contributed by atoms with E-state index >= 15 is 0 Å². The molecule has 0 aromatic carbocycles. The highest BCUT2D eigenvalue weighted by molar-refractivity contribution is 4.66. The maximum absolute atomic E-state index is 2.53. The molecule has 0 aliphatic heterocycles. The summed E-state index contributed by atoms with van der Waals surface area (Å²) in [6.07, 6.45) is 25.7. The summed E-state index contributed by atoms with van der Waals surface area (Å²) in [5, 5.41) is 0. The van der Waals surface area contributed by atoms with E-state index in [9.17, 15) is 0 Å². The van der Waals surface area contributed by atoms with Crippen molar-refractivity contribution >= 4 is 0 Å². The van der Waals surface area contributed by atoms with Gasteiger partial charge in [-0.15, -0.1) is 0 Å². The molecule has 0 aromatic rings. The fourth-order valence-corrected chi connectivity index (χ4v) is 4.93. The third-order valence-electron chi connectivity index (χ3n) is 7.24. The fourth-order valence-electron chi connectivity index (χ4n) is 4.93. The molecule has 0 atom stereocenters. The molecule has 0 rings (SSSR count). The maximum Gasteiger partial charge on any atom is 0.0907 e. The van der Waals surface area contributed by atoms with E-state index in [0.29, 0.717) is 5.54 Å². The van der Waals surface area contributed by atoms with Gasteiger partial charge < -0.3 is 4.48 Å². The lowest BCUT2D eigenvalue weighted by molar-refractivity contribution is -0.971. The molecule has 0 bridgehead atoms. The topological polar surface area (TPSA) is 0 Å². The standard InChI is InChI=1S/C28H60N/c1-7-10-13-16-19-22-25-29(28(4,5)6,26-23-20-17-14-11-8-2)27-24-21-18-15-12-9-3/h7-27H2,1-6H3/q+1. The van der Waals surface area contributed by atoms with Gasteiger partial charge in [0.1, 0.15) is 0 Å². The van der Waals surface area contributed by atoms with Crippen molar-refractivity contribution in [1.82, 2.24) is 0 Å².